The summed E-state index contributed by atoms with van der Waals surface area (Å²) in [5, 5.41) is 0. The number of rotatable bonds is 1. The molecule has 5 nitrogen and oxygen atoms in total. The Morgan fingerprint density at radius 1 is 1.06 bits per heavy atom. The maximum Gasteiger partial charge on any atom is 1.00 e. The molecule has 0 amide bonds. The van der Waals surface area contributed by atoms with Crippen molar-refractivity contribution in [2.45, 2.75) is 20.8 Å². The van der Waals surface area contributed by atoms with Gasteiger partial charge in [-0.3, -0.25) is 0 Å². The fourth-order valence-corrected chi connectivity index (χ4v) is 1.34. The first-order valence-corrected chi connectivity index (χ1v) is 5.96. The summed E-state index contributed by atoms with van der Waals surface area (Å²) in [7, 11) is -4.64. The third-order valence-corrected chi connectivity index (χ3v) is 1.78. The fraction of sp³-hybridized carbons (Fsp3) is 0.300. The number of aryl methyl sites for hydroxylation is 3. The molecule has 0 saturated carbocycles. The smallest absolute Gasteiger partial charge is 0.376 e. The molecule has 3 N–H and O–H groups in total. The quantitative estimate of drug-likeness (QED) is 0.315. The molecule has 1 aromatic rings. The molecule has 7 heteroatoms. The summed E-state index contributed by atoms with van der Waals surface area (Å²) in [5.74, 6) is 0. The summed E-state index contributed by atoms with van der Waals surface area (Å²) in [4.78, 5) is 32.0. The molecule has 1 aromatic carbocycles. The summed E-state index contributed by atoms with van der Waals surface area (Å²) in [6.07, 6.45) is 1.94. The van der Waals surface area contributed by atoms with Gasteiger partial charge in [-0.05, 0) is 6.92 Å². The Balaban J connectivity index is 0. The van der Waals surface area contributed by atoms with E-state index in [1.54, 1.807) is 0 Å². The minimum Gasteiger partial charge on any atom is -0.376 e. The van der Waals surface area contributed by atoms with E-state index >= 15 is 0 Å². The zero-order valence-electron chi connectivity index (χ0n) is 10.3. The number of hydrogen-bond acceptors (Lipinski definition) is 2. The van der Waals surface area contributed by atoms with Gasteiger partial charge in [-0.15, -0.1) is 28.8 Å². The summed E-state index contributed by atoms with van der Waals surface area (Å²) < 4.78 is 8.88. The van der Waals surface area contributed by atoms with Crippen molar-refractivity contribution < 1.29 is 53.6 Å². The van der Waals surface area contributed by atoms with Gasteiger partial charge in [0.25, 0.3) is 0 Å². The molecule has 0 radical (unpaired) electrons. The molecule has 0 heterocycles. The number of carbonyl (C=O) groups excluding carboxylic acids is 1. The molecule has 0 aliphatic carbocycles. The van der Waals surface area contributed by atoms with E-state index in [0.717, 1.165) is 11.1 Å². The third kappa shape index (κ3) is 9.68. The van der Waals surface area contributed by atoms with E-state index in [4.69, 9.17) is 19.2 Å². The Hall–Kier alpha value is -0.000000000000000222. The van der Waals surface area contributed by atoms with Gasteiger partial charge in [0.05, 0.1) is 6.29 Å². The molecule has 17 heavy (non-hydrogen) atoms. The molecule has 0 atom stereocenters. The molecule has 0 aromatic heterocycles. The monoisotopic (exact) mass is 268 g/mol. The third-order valence-electron chi connectivity index (χ3n) is 1.78. The van der Waals surface area contributed by atoms with Crippen LogP contribution in [0.4, 0.5) is 0 Å². The van der Waals surface area contributed by atoms with Gasteiger partial charge in [-0.2, -0.15) is 0 Å². The van der Waals surface area contributed by atoms with Gasteiger partial charge in [0.15, 0.2) is 0 Å². The molecule has 0 saturated heterocycles. The number of phosphoric acid groups is 1. The van der Waals surface area contributed by atoms with Crippen LogP contribution in [0.3, 0.4) is 0 Å². The number of hydrogen-bond donors (Lipinski definition) is 3. The van der Waals surface area contributed by atoms with E-state index in [1.165, 1.54) is 5.56 Å². The first-order chi connectivity index (χ1) is 7.15. The van der Waals surface area contributed by atoms with Crippen LogP contribution < -0.4 is 29.6 Å². The predicted octanol–water partition coefficient (Wildman–Crippen LogP) is -1.85. The van der Waals surface area contributed by atoms with Crippen molar-refractivity contribution in [2.75, 3.05) is 0 Å². The second-order valence-electron chi connectivity index (χ2n) is 3.39. The molecule has 0 aliphatic heterocycles. The van der Waals surface area contributed by atoms with Crippen LogP contribution in [0, 0.1) is 20.8 Å². The second-order valence-corrected chi connectivity index (χ2v) is 4.42. The maximum atomic E-state index is 10.4. The van der Waals surface area contributed by atoms with Crippen LogP contribution in [0.2, 0.25) is 0 Å². The van der Waals surface area contributed by atoms with E-state index in [9.17, 15) is 4.79 Å². The topological polar surface area (TPSA) is 94.8 Å². The van der Waals surface area contributed by atoms with E-state index in [-0.39, 0.29) is 29.6 Å². The SMILES string of the molecule is Cc1cc(C)c([C-]=O)c(C)c1.O=P(O)(O)O.[Na+]. The average molecular weight is 268 g/mol. The standard InChI is InChI=1S/C10H11O.Na.H3O4P/c1-7-4-8(2)10(6-11)9(3)5-7;;1-5(2,3)4/h4-5H,1-3H3;;(H3,1,2,3,4)/q-1;+1;. The van der Waals surface area contributed by atoms with Crippen LogP contribution in [-0.2, 0) is 9.36 Å². The maximum absolute atomic E-state index is 10.4. The first kappa shape index (κ1) is 19.3. The normalized spacial score (nSPS) is 9.76. The molecular formula is C10H14NaO5P. The van der Waals surface area contributed by atoms with Crippen LogP contribution in [0.15, 0.2) is 12.1 Å². The molecule has 0 spiro atoms. The first-order valence-electron chi connectivity index (χ1n) is 4.39. The van der Waals surface area contributed by atoms with E-state index in [0.29, 0.717) is 5.56 Å². The van der Waals surface area contributed by atoms with E-state index in [1.807, 2.05) is 39.2 Å². The van der Waals surface area contributed by atoms with Crippen molar-refractivity contribution in [3.63, 3.8) is 0 Å². The number of benzene rings is 1. The zero-order chi connectivity index (χ0) is 12.9. The largest absolute Gasteiger partial charge is 1.00 e. The van der Waals surface area contributed by atoms with Gasteiger partial charge in [-0.25, -0.2) is 4.57 Å². The molecule has 0 bridgehead atoms. The van der Waals surface area contributed by atoms with Crippen molar-refractivity contribution in [3.8, 4) is 0 Å². The Morgan fingerprint density at radius 3 is 1.59 bits per heavy atom. The molecule has 1 rings (SSSR count). The summed E-state index contributed by atoms with van der Waals surface area (Å²) in [6.45, 7) is 5.88. The van der Waals surface area contributed by atoms with Crippen molar-refractivity contribution in [2.24, 2.45) is 0 Å². The van der Waals surface area contributed by atoms with Crippen molar-refractivity contribution in [1.29, 1.82) is 0 Å². The molecule has 0 unspecified atom stereocenters. The van der Waals surface area contributed by atoms with Crippen molar-refractivity contribution in [1.82, 2.24) is 0 Å². The summed E-state index contributed by atoms with van der Waals surface area (Å²) >= 11 is 0. The Morgan fingerprint density at radius 2 is 1.35 bits per heavy atom. The van der Waals surface area contributed by atoms with Gasteiger partial charge in [0.2, 0.25) is 0 Å². The van der Waals surface area contributed by atoms with E-state index in [2.05, 4.69) is 0 Å². The van der Waals surface area contributed by atoms with Crippen LogP contribution in [0.5, 0.6) is 0 Å². The van der Waals surface area contributed by atoms with Crippen molar-refractivity contribution >= 4 is 14.1 Å². The second kappa shape index (κ2) is 8.16. The van der Waals surface area contributed by atoms with Crippen LogP contribution in [-0.4, -0.2) is 21.0 Å². The zero-order valence-corrected chi connectivity index (χ0v) is 13.2. The van der Waals surface area contributed by atoms with E-state index < -0.39 is 7.82 Å². The van der Waals surface area contributed by atoms with Gasteiger partial charge < -0.3 is 19.5 Å². The van der Waals surface area contributed by atoms with Crippen LogP contribution in [0.25, 0.3) is 0 Å². The fourth-order valence-electron chi connectivity index (χ4n) is 1.34. The van der Waals surface area contributed by atoms with Crippen molar-refractivity contribution in [3.05, 3.63) is 34.4 Å². The minimum absolute atomic E-state index is 0. The summed E-state index contributed by atoms with van der Waals surface area (Å²) in [5.41, 5.74) is 3.92. The van der Waals surface area contributed by atoms with Gasteiger partial charge in [-0.1, -0.05) is 19.4 Å². The van der Waals surface area contributed by atoms with Gasteiger partial charge in [0, 0.05) is 0 Å². The average Bonchev–Trinajstić information content (AvgIpc) is 1.99. The molecule has 0 aliphatic rings. The Kier molecular flexibility index (Phi) is 9.29. The Bertz CT molecular complexity index is 395. The molecule has 0 fully saturated rings. The van der Waals surface area contributed by atoms with Crippen LogP contribution in [0.1, 0.15) is 22.3 Å². The van der Waals surface area contributed by atoms with Gasteiger partial charge >= 0.3 is 37.4 Å². The van der Waals surface area contributed by atoms with Crippen LogP contribution >= 0.6 is 7.82 Å². The molecular weight excluding hydrogens is 254 g/mol. The summed E-state index contributed by atoms with van der Waals surface area (Å²) in [6, 6.07) is 3.99. The predicted molar refractivity (Wildman–Crippen MR) is 59.7 cm³/mol. The molecule has 90 valence electrons. The van der Waals surface area contributed by atoms with Gasteiger partial charge in [0.1, 0.15) is 0 Å². The minimum atomic E-state index is -4.64. The Labute approximate surface area is 122 Å².